The molecule has 0 saturated carbocycles. The third kappa shape index (κ3) is 5.02. The van der Waals surface area contributed by atoms with Crippen molar-refractivity contribution >= 4 is 11.7 Å². The zero-order valence-corrected chi connectivity index (χ0v) is 18.4. The summed E-state index contributed by atoms with van der Waals surface area (Å²) in [7, 11) is 0. The Kier molecular flexibility index (Phi) is 7.26. The Morgan fingerprint density at radius 3 is 2.61 bits per heavy atom. The van der Waals surface area contributed by atoms with Crippen LogP contribution < -0.4 is 4.74 Å². The number of hydrogen-bond acceptors (Lipinski definition) is 7. The molecule has 1 aromatic heterocycles. The van der Waals surface area contributed by atoms with Crippen molar-refractivity contribution in [3.8, 4) is 5.75 Å². The van der Waals surface area contributed by atoms with Gasteiger partial charge in [-0.2, -0.15) is 0 Å². The van der Waals surface area contributed by atoms with E-state index in [9.17, 15) is 14.7 Å². The van der Waals surface area contributed by atoms with Gasteiger partial charge in [0.1, 0.15) is 12.4 Å². The Hall–Kier alpha value is -3.36. The van der Waals surface area contributed by atoms with Crippen LogP contribution in [-0.4, -0.2) is 72.6 Å². The molecule has 8 heteroatoms. The number of amides is 1. The Morgan fingerprint density at radius 2 is 1.94 bits per heavy atom. The molecular weight excluding hydrogens is 424 g/mol. The number of furan rings is 1. The Balaban J connectivity index is 1.58. The van der Waals surface area contributed by atoms with E-state index in [0.29, 0.717) is 44.1 Å². The van der Waals surface area contributed by atoms with Gasteiger partial charge in [-0.25, -0.2) is 0 Å². The molecule has 0 aliphatic carbocycles. The molecule has 1 fully saturated rings. The minimum atomic E-state index is -0.715. The molecule has 3 heterocycles. The number of ketones is 1. The van der Waals surface area contributed by atoms with Crippen LogP contribution in [-0.2, 0) is 9.53 Å². The number of aliphatic hydroxyl groups excluding tert-OH is 1. The Bertz CT molecular complexity index is 1010. The largest absolute Gasteiger partial charge is 0.503 e. The van der Waals surface area contributed by atoms with Crippen molar-refractivity contribution in [3.05, 3.63) is 78.0 Å². The predicted octanol–water partition coefficient (Wildman–Crippen LogP) is 3.15. The van der Waals surface area contributed by atoms with Gasteiger partial charge < -0.3 is 23.9 Å². The number of morpholine rings is 1. The van der Waals surface area contributed by atoms with Gasteiger partial charge in [-0.05, 0) is 36.2 Å². The summed E-state index contributed by atoms with van der Waals surface area (Å²) >= 11 is 0. The van der Waals surface area contributed by atoms with Crippen molar-refractivity contribution in [3.63, 3.8) is 0 Å². The van der Waals surface area contributed by atoms with E-state index in [1.807, 2.05) is 0 Å². The Labute approximate surface area is 192 Å². The molecular formula is C25H28N2O6. The highest BCUT2D eigenvalue weighted by atomic mass is 16.5. The number of aliphatic hydroxyl groups is 1. The molecule has 8 nitrogen and oxygen atoms in total. The van der Waals surface area contributed by atoms with Crippen molar-refractivity contribution in [2.24, 2.45) is 0 Å². The monoisotopic (exact) mass is 452 g/mol. The van der Waals surface area contributed by atoms with Crippen LogP contribution in [0.25, 0.3) is 0 Å². The first-order chi connectivity index (χ1) is 16.1. The fourth-order valence-electron chi connectivity index (χ4n) is 4.19. The maximum absolute atomic E-state index is 13.2. The van der Waals surface area contributed by atoms with Crippen molar-refractivity contribution in [1.82, 2.24) is 9.80 Å². The molecule has 33 heavy (non-hydrogen) atoms. The normalized spacial score (nSPS) is 19.2. The second kappa shape index (κ2) is 10.5. The van der Waals surface area contributed by atoms with E-state index >= 15 is 0 Å². The minimum absolute atomic E-state index is 0.0288. The van der Waals surface area contributed by atoms with Crippen molar-refractivity contribution in [2.75, 3.05) is 46.0 Å². The highest BCUT2D eigenvalue weighted by molar-refractivity contribution is 6.15. The number of carbonyl (C=O) groups is 2. The molecule has 2 aliphatic rings. The smallest absolute Gasteiger partial charge is 0.290 e. The van der Waals surface area contributed by atoms with Crippen LogP contribution in [0.2, 0.25) is 0 Å². The summed E-state index contributed by atoms with van der Waals surface area (Å²) in [5.74, 6) is -0.855. The molecule has 1 amide bonds. The predicted molar refractivity (Wildman–Crippen MR) is 121 cm³/mol. The van der Waals surface area contributed by atoms with Crippen LogP contribution in [0.3, 0.4) is 0 Å². The molecule has 174 valence electrons. The first-order valence-corrected chi connectivity index (χ1v) is 11.1. The molecule has 1 atom stereocenters. The van der Waals surface area contributed by atoms with Crippen LogP contribution in [0.15, 0.2) is 71.1 Å². The molecule has 1 N–H and O–H groups in total. The van der Waals surface area contributed by atoms with Gasteiger partial charge in [-0.15, -0.1) is 0 Å². The molecule has 4 rings (SSSR count). The average Bonchev–Trinajstić information content (AvgIpc) is 3.47. The number of nitrogens with zero attached hydrogens (tertiary/aromatic N) is 2. The summed E-state index contributed by atoms with van der Waals surface area (Å²) in [4.78, 5) is 30.0. The number of ether oxygens (including phenoxy) is 2. The minimum Gasteiger partial charge on any atom is -0.503 e. The van der Waals surface area contributed by atoms with Gasteiger partial charge in [0.25, 0.3) is 5.91 Å². The summed E-state index contributed by atoms with van der Waals surface area (Å²) in [6, 6.07) is 9.57. The van der Waals surface area contributed by atoms with Gasteiger partial charge in [-0.1, -0.05) is 24.8 Å². The number of hydrogen-bond donors (Lipinski definition) is 1. The number of benzene rings is 1. The van der Waals surface area contributed by atoms with Crippen LogP contribution >= 0.6 is 0 Å². The average molecular weight is 453 g/mol. The fourth-order valence-corrected chi connectivity index (χ4v) is 4.19. The van der Waals surface area contributed by atoms with E-state index in [4.69, 9.17) is 13.9 Å². The second-order valence-electron chi connectivity index (χ2n) is 7.95. The highest BCUT2D eigenvalue weighted by Gasteiger charge is 2.44. The zero-order chi connectivity index (χ0) is 23.2. The van der Waals surface area contributed by atoms with Crippen LogP contribution in [0.4, 0.5) is 0 Å². The topological polar surface area (TPSA) is 92.5 Å². The van der Waals surface area contributed by atoms with E-state index in [1.165, 1.54) is 12.3 Å². The van der Waals surface area contributed by atoms with E-state index in [0.717, 1.165) is 19.6 Å². The van der Waals surface area contributed by atoms with Crippen LogP contribution in [0.1, 0.15) is 28.6 Å². The quantitative estimate of drug-likeness (QED) is 0.437. The molecule has 0 spiro atoms. The second-order valence-corrected chi connectivity index (χ2v) is 7.95. The summed E-state index contributed by atoms with van der Waals surface area (Å²) in [6.45, 7) is 8.33. The first-order valence-electron chi connectivity index (χ1n) is 11.1. The van der Waals surface area contributed by atoms with E-state index in [-0.39, 0.29) is 11.3 Å². The summed E-state index contributed by atoms with van der Waals surface area (Å²) in [5.41, 5.74) is 0.737. The standard InChI is InChI=1S/C25H28N2O6/c1-2-14-32-19-8-6-18(7-9-19)22-21(23(28)20-5-3-15-33-20)24(29)25(30)27(22)11-4-10-26-12-16-31-17-13-26/h2-3,5-9,15,22,29H,1,4,10-14,16-17H2/t22-/m0/s1. The van der Waals surface area contributed by atoms with Crippen molar-refractivity contribution in [2.45, 2.75) is 12.5 Å². The lowest BCUT2D eigenvalue weighted by atomic mass is 9.95. The van der Waals surface area contributed by atoms with E-state index in [2.05, 4.69) is 11.5 Å². The molecule has 0 unspecified atom stereocenters. The van der Waals surface area contributed by atoms with Gasteiger partial charge in [-0.3, -0.25) is 14.5 Å². The number of carbonyl (C=O) groups excluding carboxylic acids is 2. The van der Waals surface area contributed by atoms with Crippen molar-refractivity contribution < 1.29 is 28.6 Å². The van der Waals surface area contributed by atoms with E-state index in [1.54, 1.807) is 41.3 Å². The van der Waals surface area contributed by atoms with Crippen LogP contribution in [0.5, 0.6) is 5.75 Å². The van der Waals surface area contributed by atoms with Crippen LogP contribution in [0, 0.1) is 0 Å². The van der Waals surface area contributed by atoms with Gasteiger partial charge in [0.15, 0.2) is 11.5 Å². The lowest BCUT2D eigenvalue weighted by molar-refractivity contribution is -0.129. The van der Waals surface area contributed by atoms with Crippen molar-refractivity contribution in [1.29, 1.82) is 0 Å². The highest BCUT2D eigenvalue weighted by Crippen LogP contribution is 2.39. The number of rotatable bonds is 10. The summed E-state index contributed by atoms with van der Waals surface area (Å²) in [5, 5.41) is 10.7. The molecule has 0 bridgehead atoms. The summed E-state index contributed by atoms with van der Waals surface area (Å²) < 4.78 is 16.2. The van der Waals surface area contributed by atoms with Gasteiger partial charge in [0.05, 0.1) is 31.1 Å². The fraction of sp³-hybridized carbons (Fsp3) is 0.360. The van der Waals surface area contributed by atoms with E-state index < -0.39 is 23.5 Å². The maximum atomic E-state index is 13.2. The summed E-state index contributed by atoms with van der Waals surface area (Å²) in [6.07, 6.45) is 3.75. The maximum Gasteiger partial charge on any atom is 0.290 e. The number of Topliss-reactive ketones (excluding diaryl/α,β-unsaturated/α-hetero) is 1. The third-order valence-corrected chi connectivity index (χ3v) is 5.83. The third-order valence-electron chi connectivity index (χ3n) is 5.83. The lowest BCUT2D eigenvalue weighted by Gasteiger charge is -2.30. The SMILES string of the molecule is C=CCOc1ccc([C@H]2C(C(=O)c3ccco3)=C(O)C(=O)N2CCCN2CCOCC2)cc1. The molecule has 2 aliphatic heterocycles. The van der Waals surface area contributed by atoms with Gasteiger partial charge >= 0.3 is 0 Å². The van der Waals surface area contributed by atoms with Gasteiger partial charge in [0.2, 0.25) is 5.78 Å². The van der Waals surface area contributed by atoms with Gasteiger partial charge in [0, 0.05) is 26.2 Å². The molecule has 1 saturated heterocycles. The molecule has 1 aromatic carbocycles. The lowest BCUT2D eigenvalue weighted by Crippen LogP contribution is -2.39. The molecule has 0 radical (unpaired) electrons. The molecule has 2 aromatic rings. The Morgan fingerprint density at radius 1 is 1.18 bits per heavy atom. The zero-order valence-electron chi connectivity index (χ0n) is 18.4. The first kappa shape index (κ1) is 22.8.